The van der Waals surface area contributed by atoms with Crippen molar-refractivity contribution < 1.29 is 44.3 Å². The molecule has 0 aliphatic heterocycles. The highest BCUT2D eigenvalue weighted by Gasteiger charge is 2.28. The van der Waals surface area contributed by atoms with E-state index in [1.54, 1.807) is 13.8 Å². The fourth-order valence-corrected chi connectivity index (χ4v) is 3.76. The summed E-state index contributed by atoms with van der Waals surface area (Å²) in [5.41, 5.74) is 0.889. The van der Waals surface area contributed by atoms with Gasteiger partial charge in [-0.15, -0.1) is 0 Å². The van der Waals surface area contributed by atoms with Gasteiger partial charge in [-0.25, -0.2) is 4.79 Å². The van der Waals surface area contributed by atoms with Crippen molar-refractivity contribution in [3.05, 3.63) is 42.0 Å². The van der Waals surface area contributed by atoms with Gasteiger partial charge in [0, 0.05) is 18.0 Å². The number of amides is 2. The van der Waals surface area contributed by atoms with Crippen LogP contribution in [0, 0.1) is 11.8 Å². The molecule has 0 aromatic heterocycles. The molecular weight excluding hydrogens is 528 g/mol. The maximum absolute atomic E-state index is 12.8. The van der Waals surface area contributed by atoms with E-state index in [2.05, 4.69) is 17.2 Å². The molecule has 0 saturated heterocycles. The molecule has 0 radical (unpaired) electrons. The molecule has 14 heteroatoms. The summed E-state index contributed by atoms with van der Waals surface area (Å²) in [6.45, 7) is 7.73. The highest BCUT2D eigenvalue weighted by atomic mass is 32.2. The number of benzene rings is 1. The van der Waals surface area contributed by atoms with Crippen LogP contribution in [0.25, 0.3) is 0 Å². The average Bonchev–Trinajstić information content (AvgIpc) is 2.77. The van der Waals surface area contributed by atoms with Crippen molar-refractivity contribution in [3.63, 3.8) is 0 Å². The second-order valence-corrected chi connectivity index (χ2v) is 12.1. The highest BCUT2D eigenvalue weighted by Crippen LogP contribution is 2.20. The van der Waals surface area contributed by atoms with Gasteiger partial charge in [-0.2, -0.15) is 16.8 Å². The first-order valence-corrected chi connectivity index (χ1v) is 14.8. The Hall–Kier alpha value is -2.81. The first-order valence-electron chi connectivity index (χ1n) is 11.2. The van der Waals surface area contributed by atoms with Crippen molar-refractivity contribution in [1.29, 1.82) is 0 Å². The zero-order valence-electron chi connectivity index (χ0n) is 21.5. The van der Waals surface area contributed by atoms with Gasteiger partial charge in [0.2, 0.25) is 5.91 Å². The number of nitrogens with one attached hydrogen (secondary N) is 2. The Labute approximate surface area is 218 Å². The molecule has 1 aromatic rings. The lowest BCUT2D eigenvalue weighted by atomic mass is 9.93. The number of alkyl carbamates (subject to hydrolysis) is 1. The Kier molecular flexibility index (Phi) is 12.4. The lowest BCUT2D eigenvalue weighted by Crippen LogP contribution is -2.45. The van der Waals surface area contributed by atoms with E-state index in [1.807, 2.05) is 0 Å². The number of ketones is 1. The Morgan fingerprint density at radius 3 is 1.89 bits per heavy atom. The molecule has 1 unspecified atom stereocenters. The number of hydrogen-bond acceptors (Lipinski definition) is 10. The molecule has 0 aliphatic rings. The molecule has 208 valence electrons. The molecule has 0 saturated carbocycles. The summed E-state index contributed by atoms with van der Waals surface area (Å²) in [5, 5.41) is 5.13. The maximum Gasteiger partial charge on any atom is 0.408 e. The third-order valence-electron chi connectivity index (χ3n) is 4.77. The van der Waals surface area contributed by atoms with Crippen molar-refractivity contribution in [2.45, 2.75) is 46.4 Å². The van der Waals surface area contributed by atoms with Crippen molar-refractivity contribution in [2.24, 2.45) is 11.8 Å². The van der Waals surface area contributed by atoms with E-state index in [0.29, 0.717) is 11.1 Å². The maximum atomic E-state index is 12.8. The van der Waals surface area contributed by atoms with Crippen LogP contribution in [0.15, 0.2) is 30.9 Å². The predicted molar refractivity (Wildman–Crippen MR) is 136 cm³/mol. The molecule has 0 aliphatic carbocycles. The average molecular weight is 563 g/mol. The topological polar surface area (TPSA) is 171 Å². The number of Topliss-reactive ketones (excluding diaryl/α,β-unsaturated/α-hetero) is 1. The number of carbonyl (C=O) groups is 3. The lowest BCUT2D eigenvalue weighted by molar-refractivity contribution is -0.127. The minimum absolute atomic E-state index is 0.0187. The molecule has 1 aromatic carbocycles. The molecule has 0 fully saturated rings. The Morgan fingerprint density at radius 2 is 1.46 bits per heavy atom. The summed E-state index contributed by atoms with van der Waals surface area (Å²) in [7, 11) is -7.52. The van der Waals surface area contributed by atoms with E-state index in [-0.39, 0.29) is 43.6 Å². The number of rotatable bonds is 15. The van der Waals surface area contributed by atoms with Crippen LogP contribution in [-0.4, -0.2) is 59.8 Å². The van der Waals surface area contributed by atoms with Crippen LogP contribution in [-0.2, 0) is 56.1 Å². The number of carbonyl (C=O) groups excluding carboxylic acids is 3. The van der Waals surface area contributed by atoms with Gasteiger partial charge < -0.3 is 15.4 Å². The molecule has 1 rings (SSSR count). The summed E-state index contributed by atoms with van der Waals surface area (Å²) < 4.78 is 59.9. The van der Waals surface area contributed by atoms with Crippen LogP contribution in [0.1, 0.15) is 38.3 Å². The van der Waals surface area contributed by atoms with Crippen molar-refractivity contribution in [1.82, 2.24) is 5.32 Å². The van der Waals surface area contributed by atoms with Crippen LogP contribution < -0.4 is 10.6 Å². The minimum atomic E-state index is -3.76. The standard InChI is InChI=1S/C23H34N2O10S2/c1-7-8-33-23(28)25-21(15(2)3)20(26)9-16(4)22(27)24-19-11-17(13-34-36(5,29)30)10-18(12-19)14-35-37(6,31)32/h7,10-12,15-16,21H,1,8-9,13-14H2,2-6H3,(H,24,27)(H,25,28)/t16-,21?/m1/s1. The molecule has 2 atom stereocenters. The Morgan fingerprint density at radius 1 is 0.946 bits per heavy atom. The van der Waals surface area contributed by atoms with E-state index >= 15 is 0 Å². The van der Waals surface area contributed by atoms with E-state index in [1.165, 1.54) is 31.2 Å². The largest absolute Gasteiger partial charge is 0.445 e. The Bertz CT molecular complexity index is 1140. The normalized spacial score (nSPS) is 13.5. The monoisotopic (exact) mass is 562 g/mol. The van der Waals surface area contributed by atoms with Crippen LogP contribution in [0.3, 0.4) is 0 Å². The zero-order valence-corrected chi connectivity index (χ0v) is 23.1. The molecular formula is C23H34N2O10S2. The third kappa shape index (κ3) is 13.3. The van der Waals surface area contributed by atoms with E-state index in [0.717, 1.165) is 12.5 Å². The van der Waals surface area contributed by atoms with Crippen LogP contribution in [0.2, 0.25) is 0 Å². The van der Waals surface area contributed by atoms with Gasteiger partial charge in [-0.3, -0.25) is 18.0 Å². The van der Waals surface area contributed by atoms with Crippen molar-refractivity contribution in [2.75, 3.05) is 24.4 Å². The first-order chi connectivity index (χ1) is 17.0. The highest BCUT2D eigenvalue weighted by molar-refractivity contribution is 7.86. The second kappa shape index (κ2) is 14.2. The zero-order chi connectivity index (χ0) is 28.4. The summed E-state index contributed by atoms with van der Waals surface area (Å²) in [5.74, 6) is -1.96. The Balaban J connectivity index is 2.99. The van der Waals surface area contributed by atoms with Crippen LogP contribution >= 0.6 is 0 Å². The van der Waals surface area contributed by atoms with E-state index in [4.69, 9.17) is 13.1 Å². The van der Waals surface area contributed by atoms with Gasteiger partial charge >= 0.3 is 6.09 Å². The number of ether oxygens (including phenoxy) is 1. The van der Waals surface area contributed by atoms with Gasteiger partial charge in [-0.1, -0.05) is 39.5 Å². The van der Waals surface area contributed by atoms with Crippen molar-refractivity contribution >= 4 is 43.7 Å². The SMILES string of the molecule is C=CCOC(=O)NC(C(=O)C[C@@H](C)C(=O)Nc1cc(COS(C)(=O)=O)cc(COS(C)(=O)=O)c1)C(C)C. The molecule has 12 nitrogen and oxygen atoms in total. The van der Waals surface area contributed by atoms with Crippen LogP contribution in [0.4, 0.5) is 10.5 Å². The fraction of sp³-hybridized carbons (Fsp3) is 0.522. The molecule has 0 bridgehead atoms. The first kappa shape index (κ1) is 32.2. The van der Waals surface area contributed by atoms with Gasteiger partial charge in [-0.05, 0) is 29.2 Å². The third-order valence-corrected chi connectivity index (χ3v) is 5.87. The molecule has 2 N–H and O–H groups in total. The number of anilines is 1. The summed E-state index contributed by atoms with van der Waals surface area (Å²) in [4.78, 5) is 37.5. The number of hydrogen-bond donors (Lipinski definition) is 2. The quantitative estimate of drug-likeness (QED) is 0.238. The predicted octanol–water partition coefficient (Wildman–Crippen LogP) is 2.11. The summed E-state index contributed by atoms with van der Waals surface area (Å²) in [6, 6.07) is 3.51. The smallest absolute Gasteiger partial charge is 0.408 e. The fourth-order valence-electron chi connectivity index (χ4n) is 3.06. The van der Waals surface area contributed by atoms with Gasteiger partial charge in [0.25, 0.3) is 20.2 Å². The molecule has 0 spiro atoms. The molecule has 2 amide bonds. The summed E-state index contributed by atoms with van der Waals surface area (Å²) >= 11 is 0. The van der Waals surface area contributed by atoms with Gasteiger partial charge in [0.15, 0.2) is 5.78 Å². The summed E-state index contributed by atoms with van der Waals surface area (Å²) in [6.07, 6.45) is 2.18. The molecule has 0 heterocycles. The molecule has 37 heavy (non-hydrogen) atoms. The van der Waals surface area contributed by atoms with E-state index in [9.17, 15) is 31.2 Å². The van der Waals surface area contributed by atoms with E-state index < -0.39 is 44.2 Å². The van der Waals surface area contributed by atoms with Crippen molar-refractivity contribution in [3.8, 4) is 0 Å². The lowest BCUT2D eigenvalue weighted by Gasteiger charge is -2.22. The van der Waals surface area contributed by atoms with Gasteiger partial charge in [0.1, 0.15) is 6.61 Å². The minimum Gasteiger partial charge on any atom is -0.445 e. The van der Waals surface area contributed by atoms with Gasteiger partial charge in [0.05, 0.1) is 31.8 Å². The second-order valence-electron chi connectivity index (χ2n) is 8.78. The van der Waals surface area contributed by atoms with Crippen LogP contribution in [0.5, 0.6) is 0 Å².